The molecule has 2 heterocycles. The van der Waals surface area contributed by atoms with E-state index >= 15 is 0 Å². The van der Waals surface area contributed by atoms with E-state index in [1.54, 1.807) is 12.1 Å². The summed E-state index contributed by atoms with van der Waals surface area (Å²) in [7, 11) is 0. The highest BCUT2D eigenvalue weighted by atomic mass is 16.7. The molecule has 76 valence electrons. The molecule has 2 rings (SSSR count). The number of anilines is 1. The lowest BCUT2D eigenvalue weighted by Crippen LogP contribution is -2.36. The molecule has 1 fully saturated rings. The summed E-state index contributed by atoms with van der Waals surface area (Å²) in [5.41, 5.74) is 6.10. The Hall–Kier alpha value is -1.20. The van der Waals surface area contributed by atoms with Crippen molar-refractivity contribution in [1.82, 2.24) is 10.2 Å². The normalized spacial score (nSPS) is 20.6. The van der Waals surface area contributed by atoms with Gasteiger partial charge in [0.1, 0.15) is 11.5 Å². The van der Waals surface area contributed by atoms with Crippen LogP contribution in [0, 0.1) is 0 Å². The summed E-state index contributed by atoms with van der Waals surface area (Å²) in [5.74, 6) is -0.368. The Bertz CT molecular complexity index is 306. The van der Waals surface area contributed by atoms with Crippen LogP contribution in [0.1, 0.15) is 19.0 Å². The van der Waals surface area contributed by atoms with E-state index in [-0.39, 0.29) is 0 Å². The highest BCUT2D eigenvalue weighted by Gasteiger charge is 2.33. The summed E-state index contributed by atoms with van der Waals surface area (Å²) in [4.78, 5) is 0. The van der Waals surface area contributed by atoms with Crippen LogP contribution in [0.15, 0.2) is 12.1 Å². The maximum absolute atomic E-state index is 5.53. The number of nitrogens with zero attached hydrogens (tertiary/aromatic N) is 2. The highest BCUT2D eigenvalue weighted by Crippen LogP contribution is 2.28. The van der Waals surface area contributed by atoms with Gasteiger partial charge >= 0.3 is 0 Å². The molecule has 1 aliphatic rings. The molecule has 0 saturated carbocycles. The molecule has 2 N–H and O–H groups in total. The molecule has 0 aliphatic carbocycles. The smallest absolute Gasteiger partial charge is 0.211 e. The van der Waals surface area contributed by atoms with Crippen LogP contribution in [0.25, 0.3) is 0 Å². The zero-order valence-electron chi connectivity index (χ0n) is 8.06. The summed E-state index contributed by atoms with van der Waals surface area (Å²) in [6, 6.07) is 3.46. The van der Waals surface area contributed by atoms with E-state index in [1.807, 2.05) is 6.92 Å². The molecule has 5 nitrogen and oxygen atoms in total. The molecule has 5 heteroatoms. The molecule has 1 aliphatic heterocycles. The molecule has 0 bridgehead atoms. The zero-order chi connectivity index (χ0) is 10.0. The minimum Gasteiger partial charge on any atom is -0.382 e. The van der Waals surface area contributed by atoms with Crippen LogP contribution in [0.4, 0.5) is 5.82 Å². The quantitative estimate of drug-likeness (QED) is 0.713. The number of rotatable bonds is 1. The van der Waals surface area contributed by atoms with Gasteiger partial charge < -0.3 is 15.2 Å². The number of hydrogen-bond donors (Lipinski definition) is 1. The molecular weight excluding hydrogens is 182 g/mol. The van der Waals surface area contributed by atoms with E-state index < -0.39 is 5.79 Å². The number of aromatic nitrogens is 2. The van der Waals surface area contributed by atoms with Gasteiger partial charge in [-0.1, -0.05) is 0 Å². The first kappa shape index (κ1) is 9.36. The summed E-state index contributed by atoms with van der Waals surface area (Å²) < 4.78 is 11.1. The third-order valence-corrected chi connectivity index (χ3v) is 2.19. The Morgan fingerprint density at radius 3 is 2.57 bits per heavy atom. The lowest BCUT2D eigenvalue weighted by atomic mass is 10.2. The lowest BCUT2D eigenvalue weighted by Gasteiger charge is -2.32. The third-order valence-electron chi connectivity index (χ3n) is 2.19. The van der Waals surface area contributed by atoms with E-state index in [4.69, 9.17) is 15.2 Å². The minimum absolute atomic E-state index is 0.396. The second-order valence-electron chi connectivity index (χ2n) is 3.34. The highest BCUT2D eigenvalue weighted by molar-refractivity contribution is 5.26. The van der Waals surface area contributed by atoms with Crippen molar-refractivity contribution in [3.63, 3.8) is 0 Å². The van der Waals surface area contributed by atoms with Gasteiger partial charge in [-0.15, -0.1) is 10.2 Å². The van der Waals surface area contributed by atoms with Gasteiger partial charge in [0.05, 0.1) is 13.2 Å². The predicted octanol–water partition coefficient (Wildman–Crippen LogP) is 0.668. The first-order chi connectivity index (χ1) is 6.71. The first-order valence-corrected chi connectivity index (χ1v) is 4.58. The van der Waals surface area contributed by atoms with Crippen molar-refractivity contribution in [1.29, 1.82) is 0 Å². The average Bonchev–Trinajstić information content (AvgIpc) is 2.19. The zero-order valence-corrected chi connectivity index (χ0v) is 8.06. The maximum Gasteiger partial charge on any atom is 0.211 e. The van der Waals surface area contributed by atoms with E-state index in [0.717, 1.165) is 6.42 Å². The fraction of sp³-hybridized carbons (Fsp3) is 0.556. The van der Waals surface area contributed by atoms with E-state index in [1.165, 1.54) is 0 Å². The Labute approximate surface area is 82.2 Å². The number of nitrogens with two attached hydrogens (primary N) is 1. The number of ether oxygens (including phenoxy) is 2. The van der Waals surface area contributed by atoms with E-state index in [2.05, 4.69) is 10.2 Å². The van der Waals surface area contributed by atoms with Crippen molar-refractivity contribution >= 4 is 5.82 Å². The molecule has 1 aromatic rings. The fourth-order valence-corrected chi connectivity index (χ4v) is 1.37. The molecule has 14 heavy (non-hydrogen) atoms. The van der Waals surface area contributed by atoms with Crippen LogP contribution < -0.4 is 5.73 Å². The maximum atomic E-state index is 5.53. The molecular formula is C9H13N3O2. The average molecular weight is 195 g/mol. The Balaban J connectivity index is 2.23. The van der Waals surface area contributed by atoms with Crippen LogP contribution in [-0.2, 0) is 15.3 Å². The first-order valence-electron chi connectivity index (χ1n) is 4.58. The molecule has 0 amide bonds. The van der Waals surface area contributed by atoms with Gasteiger partial charge in [0, 0.05) is 0 Å². The molecule has 1 aromatic heterocycles. The van der Waals surface area contributed by atoms with E-state index in [0.29, 0.717) is 24.7 Å². The molecule has 0 aromatic carbocycles. The second kappa shape index (κ2) is 3.51. The summed E-state index contributed by atoms with van der Waals surface area (Å²) >= 11 is 0. The van der Waals surface area contributed by atoms with Gasteiger partial charge in [-0.25, -0.2) is 0 Å². The second-order valence-corrected chi connectivity index (χ2v) is 3.34. The molecule has 0 atom stereocenters. The van der Waals surface area contributed by atoms with Gasteiger partial charge in [-0.2, -0.15) is 0 Å². The topological polar surface area (TPSA) is 70.3 Å². The van der Waals surface area contributed by atoms with Crippen LogP contribution in [0.3, 0.4) is 0 Å². The van der Waals surface area contributed by atoms with Gasteiger partial charge in [-0.3, -0.25) is 0 Å². The van der Waals surface area contributed by atoms with Gasteiger partial charge in [0.25, 0.3) is 0 Å². The summed E-state index contributed by atoms with van der Waals surface area (Å²) in [6.45, 7) is 3.21. The number of nitrogen functional groups attached to an aromatic ring is 1. The Kier molecular flexibility index (Phi) is 2.35. The van der Waals surface area contributed by atoms with Gasteiger partial charge in [0.2, 0.25) is 5.79 Å². The molecule has 0 unspecified atom stereocenters. The van der Waals surface area contributed by atoms with Crippen molar-refractivity contribution in [2.24, 2.45) is 0 Å². The molecule has 0 spiro atoms. The van der Waals surface area contributed by atoms with Crippen LogP contribution in [-0.4, -0.2) is 23.4 Å². The molecule has 0 radical (unpaired) electrons. The SMILES string of the molecule is CC1(c2ccc(N)nn2)OCCCO1. The minimum atomic E-state index is -0.765. The van der Waals surface area contributed by atoms with Crippen molar-refractivity contribution in [3.8, 4) is 0 Å². The van der Waals surface area contributed by atoms with Crippen LogP contribution >= 0.6 is 0 Å². The predicted molar refractivity (Wildman–Crippen MR) is 50.3 cm³/mol. The van der Waals surface area contributed by atoms with Crippen molar-refractivity contribution in [2.45, 2.75) is 19.1 Å². The molecule has 1 saturated heterocycles. The standard InChI is InChI=1S/C9H13N3O2/c1-9(13-5-2-6-14-9)7-3-4-8(10)12-11-7/h3-4H,2,5-6H2,1H3,(H2,10,12). The van der Waals surface area contributed by atoms with Gasteiger partial charge in [-0.05, 0) is 25.5 Å². The van der Waals surface area contributed by atoms with Crippen LogP contribution in [0.5, 0.6) is 0 Å². The third kappa shape index (κ3) is 1.69. The van der Waals surface area contributed by atoms with Crippen molar-refractivity contribution < 1.29 is 9.47 Å². The van der Waals surface area contributed by atoms with E-state index in [9.17, 15) is 0 Å². The Morgan fingerprint density at radius 1 is 1.29 bits per heavy atom. The largest absolute Gasteiger partial charge is 0.382 e. The van der Waals surface area contributed by atoms with Crippen LogP contribution in [0.2, 0.25) is 0 Å². The summed E-state index contributed by atoms with van der Waals surface area (Å²) in [6.07, 6.45) is 0.915. The lowest BCUT2D eigenvalue weighted by molar-refractivity contribution is -0.267. The van der Waals surface area contributed by atoms with Gasteiger partial charge in [0.15, 0.2) is 0 Å². The number of hydrogen-bond acceptors (Lipinski definition) is 5. The van der Waals surface area contributed by atoms with Crippen molar-refractivity contribution in [2.75, 3.05) is 18.9 Å². The van der Waals surface area contributed by atoms with Crippen molar-refractivity contribution in [3.05, 3.63) is 17.8 Å². The fourth-order valence-electron chi connectivity index (χ4n) is 1.37. The summed E-state index contributed by atoms with van der Waals surface area (Å²) in [5, 5.41) is 7.72. The Morgan fingerprint density at radius 2 is 2.00 bits per heavy atom. The monoisotopic (exact) mass is 195 g/mol.